The van der Waals surface area contributed by atoms with E-state index in [0.29, 0.717) is 16.0 Å². The molecule has 2 aromatic rings. The number of benzene rings is 2. The Balaban J connectivity index is 2.08. The highest BCUT2D eigenvalue weighted by Crippen LogP contribution is 2.29. The SMILES string of the molecule is COc1ccccc1OC(C)C(=O)Oc1ccc(C(=O)O)cc1Br. The van der Waals surface area contributed by atoms with Crippen molar-refractivity contribution < 1.29 is 28.9 Å². The lowest BCUT2D eigenvalue weighted by Crippen LogP contribution is -2.28. The number of esters is 1. The maximum absolute atomic E-state index is 12.2. The van der Waals surface area contributed by atoms with Crippen molar-refractivity contribution in [3.63, 3.8) is 0 Å². The lowest BCUT2D eigenvalue weighted by molar-refractivity contribution is -0.141. The predicted molar refractivity (Wildman–Crippen MR) is 89.8 cm³/mol. The van der Waals surface area contributed by atoms with Crippen LogP contribution < -0.4 is 14.2 Å². The number of carbonyl (C=O) groups is 2. The normalized spacial score (nSPS) is 11.5. The lowest BCUT2D eigenvalue weighted by Gasteiger charge is -2.16. The van der Waals surface area contributed by atoms with Gasteiger partial charge in [-0.15, -0.1) is 0 Å². The second kappa shape index (κ2) is 7.83. The van der Waals surface area contributed by atoms with Crippen LogP contribution in [0.4, 0.5) is 0 Å². The molecule has 0 aliphatic rings. The molecule has 0 heterocycles. The molecular weight excluding hydrogens is 380 g/mol. The van der Waals surface area contributed by atoms with Gasteiger partial charge in [0.25, 0.3) is 0 Å². The van der Waals surface area contributed by atoms with Crippen LogP contribution in [0.5, 0.6) is 17.2 Å². The minimum Gasteiger partial charge on any atom is -0.493 e. The third kappa shape index (κ3) is 4.26. The zero-order valence-corrected chi connectivity index (χ0v) is 14.6. The number of carbonyl (C=O) groups excluding carboxylic acids is 1. The van der Waals surface area contributed by atoms with E-state index in [9.17, 15) is 9.59 Å². The van der Waals surface area contributed by atoms with E-state index in [1.54, 1.807) is 31.2 Å². The topological polar surface area (TPSA) is 82.1 Å². The Morgan fingerprint density at radius 3 is 2.33 bits per heavy atom. The Morgan fingerprint density at radius 2 is 1.75 bits per heavy atom. The lowest BCUT2D eigenvalue weighted by atomic mass is 10.2. The van der Waals surface area contributed by atoms with Gasteiger partial charge < -0.3 is 19.3 Å². The zero-order valence-electron chi connectivity index (χ0n) is 13.0. The van der Waals surface area contributed by atoms with Crippen molar-refractivity contribution in [2.24, 2.45) is 0 Å². The summed E-state index contributed by atoms with van der Waals surface area (Å²) in [5, 5.41) is 8.92. The fraction of sp³-hybridized carbons (Fsp3) is 0.176. The minimum atomic E-state index is -1.07. The van der Waals surface area contributed by atoms with Gasteiger partial charge >= 0.3 is 11.9 Å². The van der Waals surface area contributed by atoms with Gasteiger partial charge in [-0.05, 0) is 53.2 Å². The number of methoxy groups -OCH3 is 1. The molecule has 0 fully saturated rings. The van der Waals surface area contributed by atoms with Crippen LogP contribution in [0.15, 0.2) is 46.9 Å². The summed E-state index contributed by atoms with van der Waals surface area (Å²) in [6, 6.07) is 11.1. The van der Waals surface area contributed by atoms with E-state index in [0.717, 1.165) is 0 Å². The van der Waals surface area contributed by atoms with Gasteiger partial charge in [0.15, 0.2) is 17.6 Å². The third-order valence-corrected chi connectivity index (χ3v) is 3.71. The molecule has 0 bridgehead atoms. The molecule has 0 amide bonds. The number of halogens is 1. The van der Waals surface area contributed by atoms with Crippen LogP contribution in [0.25, 0.3) is 0 Å². The number of carboxylic acid groups (broad SMARTS) is 1. The van der Waals surface area contributed by atoms with Crippen molar-refractivity contribution in [2.45, 2.75) is 13.0 Å². The van der Waals surface area contributed by atoms with Gasteiger partial charge in [0, 0.05) is 0 Å². The smallest absolute Gasteiger partial charge is 0.352 e. The summed E-state index contributed by atoms with van der Waals surface area (Å²) in [5.41, 5.74) is 0.0833. The van der Waals surface area contributed by atoms with E-state index in [1.807, 2.05) is 0 Å². The number of rotatable bonds is 6. The molecule has 7 heteroatoms. The molecule has 0 aromatic heterocycles. The Labute approximate surface area is 147 Å². The number of hydrogen-bond donors (Lipinski definition) is 1. The van der Waals surface area contributed by atoms with Crippen LogP contribution in [0, 0.1) is 0 Å². The van der Waals surface area contributed by atoms with Crippen LogP contribution in [-0.4, -0.2) is 30.3 Å². The Bertz CT molecular complexity index is 758. The molecular formula is C17H15BrO6. The van der Waals surface area contributed by atoms with Gasteiger partial charge in [0.2, 0.25) is 0 Å². The largest absolute Gasteiger partial charge is 0.493 e. The number of ether oxygens (including phenoxy) is 3. The average Bonchev–Trinajstić information content (AvgIpc) is 2.56. The third-order valence-electron chi connectivity index (χ3n) is 3.09. The summed E-state index contributed by atoms with van der Waals surface area (Å²) < 4.78 is 16.3. The highest BCUT2D eigenvalue weighted by Gasteiger charge is 2.20. The number of carboxylic acids is 1. The standard InChI is InChI=1S/C17H15BrO6/c1-10(23-15-6-4-3-5-14(15)22-2)17(21)24-13-8-7-11(16(19)20)9-12(13)18/h3-10H,1-2H3,(H,19,20). The highest BCUT2D eigenvalue weighted by molar-refractivity contribution is 9.10. The van der Waals surface area contributed by atoms with Gasteiger partial charge in [-0.3, -0.25) is 0 Å². The van der Waals surface area contributed by atoms with Crippen LogP contribution in [0.3, 0.4) is 0 Å². The Kier molecular flexibility index (Phi) is 5.81. The van der Waals surface area contributed by atoms with Crippen LogP contribution in [-0.2, 0) is 4.79 Å². The van der Waals surface area contributed by atoms with E-state index in [4.69, 9.17) is 19.3 Å². The van der Waals surface area contributed by atoms with Crippen molar-refractivity contribution in [3.8, 4) is 17.2 Å². The van der Waals surface area contributed by atoms with Crippen molar-refractivity contribution in [1.82, 2.24) is 0 Å². The molecule has 0 radical (unpaired) electrons. The van der Waals surface area contributed by atoms with E-state index in [-0.39, 0.29) is 11.3 Å². The van der Waals surface area contributed by atoms with Gasteiger partial charge in [-0.2, -0.15) is 0 Å². The molecule has 0 aliphatic heterocycles. The Hall–Kier alpha value is -2.54. The molecule has 1 atom stereocenters. The molecule has 6 nitrogen and oxygen atoms in total. The quantitative estimate of drug-likeness (QED) is 0.595. The minimum absolute atomic E-state index is 0.0833. The molecule has 126 valence electrons. The predicted octanol–water partition coefficient (Wildman–Crippen LogP) is 3.53. The summed E-state index contributed by atoms with van der Waals surface area (Å²) in [4.78, 5) is 23.1. The average molecular weight is 395 g/mol. The molecule has 0 saturated carbocycles. The number of para-hydroxylation sites is 2. The summed E-state index contributed by atoms with van der Waals surface area (Å²) in [6.07, 6.45) is -0.882. The fourth-order valence-electron chi connectivity index (χ4n) is 1.86. The van der Waals surface area contributed by atoms with Crippen LogP contribution >= 0.6 is 15.9 Å². The molecule has 2 rings (SSSR count). The van der Waals surface area contributed by atoms with E-state index < -0.39 is 18.0 Å². The first-order chi connectivity index (χ1) is 11.4. The summed E-state index contributed by atoms with van der Waals surface area (Å²) in [5.74, 6) is -0.555. The number of hydrogen-bond acceptors (Lipinski definition) is 5. The van der Waals surface area contributed by atoms with Crippen molar-refractivity contribution in [2.75, 3.05) is 7.11 Å². The molecule has 0 spiro atoms. The summed E-state index contributed by atoms with van der Waals surface area (Å²) in [6.45, 7) is 1.55. The van der Waals surface area contributed by atoms with Crippen LogP contribution in [0.1, 0.15) is 17.3 Å². The monoisotopic (exact) mass is 394 g/mol. The maximum atomic E-state index is 12.2. The van der Waals surface area contributed by atoms with Crippen molar-refractivity contribution in [1.29, 1.82) is 0 Å². The Morgan fingerprint density at radius 1 is 1.08 bits per heavy atom. The van der Waals surface area contributed by atoms with Crippen LogP contribution in [0.2, 0.25) is 0 Å². The molecule has 1 unspecified atom stereocenters. The first-order valence-electron chi connectivity index (χ1n) is 6.96. The number of aromatic carboxylic acids is 1. The summed E-state index contributed by atoms with van der Waals surface area (Å²) >= 11 is 3.18. The molecule has 0 aliphatic carbocycles. The molecule has 24 heavy (non-hydrogen) atoms. The van der Waals surface area contributed by atoms with Crippen molar-refractivity contribution in [3.05, 3.63) is 52.5 Å². The van der Waals surface area contributed by atoms with Crippen molar-refractivity contribution >= 4 is 27.9 Å². The van der Waals surface area contributed by atoms with Gasteiger partial charge in [-0.25, -0.2) is 9.59 Å². The first kappa shape index (κ1) is 17.8. The zero-order chi connectivity index (χ0) is 17.7. The second-order valence-corrected chi connectivity index (χ2v) is 5.64. The highest BCUT2D eigenvalue weighted by atomic mass is 79.9. The fourth-order valence-corrected chi connectivity index (χ4v) is 2.32. The van der Waals surface area contributed by atoms with Gasteiger partial charge in [0.1, 0.15) is 5.75 Å². The van der Waals surface area contributed by atoms with E-state index in [2.05, 4.69) is 15.9 Å². The maximum Gasteiger partial charge on any atom is 0.352 e. The molecule has 2 aromatic carbocycles. The second-order valence-electron chi connectivity index (χ2n) is 4.78. The molecule has 1 N–H and O–H groups in total. The van der Waals surface area contributed by atoms with E-state index >= 15 is 0 Å². The molecule has 0 saturated heterocycles. The first-order valence-corrected chi connectivity index (χ1v) is 7.76. The van der Waals surface area contributed by atoms with E-state index in [1.165, 1.54) is 25.3 Å². The van der Waals surface area contributed by atoms with Gasteiger partial charge in [-0.1, -0.05) is 12.1 Å². The summed E-state index contributed by atoms with van der Waals surface area (Å²) in [7, 11) is 1.51. The van der Waals surface area contributed by atoms with Gasteiger partial charge in [0.05, 0.1) is 17.1 Å².